The molecule has 0 spiro atoms. The Morgan fingerprint density at radius 3 is 2.12 bits per heavy atom. The Labute approximate surface area is 314 Å². The molecule has 2 aliphatic rings. The minimum absolute atomic E-state index is 0. The SMILES string of the molecule is CCCCc1ccnc(-c2[c-]c3c(cc2)Oc2cc(CC)cc4c2B3c2[c-]c(-c3nc5ccccc5n3-c3c(C)cccc3C)ccc2O4)c1.[Pt+2]. The van der Waals surface area contributed by atoms with Crippen molar-refractivity contribution in [3.05, 3.63) is 132 Å². The van der Waals surface area contributed by atoms with Crippen molar-refractivity contribution >= 4 is 34.1 Å². The largest absolute Gasteiger partial charge is 2.00 e. The molecule has 2 aromatic heterocycles. The molecule has 0 unspecified atom stereocenters. The maximum Gasteiger partial charge on any atom is 2.00 e. The van der Waals surface area contributed by atoms with E-state index in [-0.39, 0.29) is 27.8 Å². The molecular weight excluding hydrogens is 808 g/mol. The predicted octanol–water partition coefficient (Wildman–Crippen LogP) is 8.60. The molecule has 2 aliphatic heterocycles. The Morgan fingerprint density at radius 1 is 0.725 bits per heavy atom. The molecule has 0 atom stereocenters. The van der Waals surface area contributed by atoms with Gasteiger partial charge in [-0.2, -0.15) is 0 Å². The molecule has 4 heterocycles. The van der Waals surface area contributed by atoms with Gasteiger partial charge in [-0.05, 0) is 85.8 Å². The zero-order chi connectivity index (χ0) is 33.9. The first-order chi connectivity index (χ1) is 24.5. The van der Waals surface area contributed by atoms with Crippen molar-refractivity contribution in [3.8, 4) is 51.3 Å². The van der Waals surface area contributed by atoms with Crippen LogP contribution in [0, 0.1) is 26.0 Å². The maximum atomic E-state index is 6.69. The van der Waals surface area contributed by atoms with E-state index in [2.05, 4.69) is 129 Å². The molecule has 5 aromatic carbocycles. The van der Waals surface area contributed by atoms with Crippen LogP contribution in [0.4, 0.5) is 0 Å². The third-order valence-electron chi connectivity index (χ3n) is 10.1. The van der Waals surface area contributed by atoms with Gasteiger partial charge in [0.25, 0.3) is 0 Å². The van der Waals surface area contributed by atoms with Crippen molar-refractivity contribution in [1.82, 2.24) is 14.5 Å². The van der Waals surface area contributed by atoms with Crippen LogP contribution in [0.5, 0.6) is 23.0 Å². The Hall–Kier alpha value is -4.93. The standard InChI is InChI=1S/C44H36BN3O2.Pt/c1-5-7-13-30-20-21-46-36(22-30)31-16-18-38-33(25-31)45-34-26-32(17-19-39(34)50-41-24-29(6-2)23-40(49-38)42(41)45)44-47-35-14-8-9-15-37(35)48(44)43-27(3)11-10-12-28(43)4;/h8-12,14-24H,5-7,13H2,1-4H3;/q-2;+2. The fourth-order valence-corrected chi connectivity index (χ4v) is 7.61. The summed E-state index contributed by atoms with van der Waals surface area (Å²) >= 11 is 0. The van der Waals surface area contributed by atoms with Crippen molar-refractivity contribution in [2.45, 2.75) is 53.4 Å². The van der Waals surface area contributed by atoms with E-state index in [0.29, 0.717) is 0 Å². The number of pyridine rings is 1. The fourth-order valence-electron chi connectivity index (χ4n) is 7.61. The normalized spacial score (nSPS) is 12.4. The van der Waals surface area contributed by atoms with Crippen molar-refractivity contribution < 1.29 is 30.5 Å². The number of hydrogen-bond acceptors (Lipinski definition) is 4. The van der Waals surface area contributed by atoms with Gasteiger partial charge in [-0.1, -0.05) is 62.2 Å². The minimum atomic E-state index is -0.195. The van der Waals surface area contributed by atoms with Crippen molar-refractivity contribution in [3.63, 3.8) is 0 Å². The number of hydrogen-bond donors (Lipinski definition) is 0. The third-order valence-corrected chi connectivity index (χ3v) is 10.1. The monoisotopic (exact) mass is 844 g/mol. The van der Waals surface area contributed by atoms with E-state index in [1.165, 1.54) is 22.3 Å². The Morgan fingerprint density at radius 2 is 1.41 bits per heavy atom. The summed E-state index contributed by atoms with van der Waals surface area (Å²) in [5.74, 6) is 4.07. The van der Waals surface area contributed by atoms with Crippen molar-refractivity contribution in [2.24, 2.45) is 0 Å². The van der Waals surface area contributed by atoms with Crippen LogP contribution in [-0.4, -0.2) is 21.2 Å². The number of unbranched alkanes of at least 4 members (excludes halogenated alkanes) is 1. The minimum Gasteiger partial charge on any atom is -0.503 e. The van der Waals surface area contributed by atoms with E-state index < -0.39 is 0 Å². The molecule has 5 nitrogen and oxygen atoms in total. The maximum absolute atomic E-state index is 6.69. The smallest absolute Gasteiger partial charge is 0.503 e. The summed E-state index contributed by atoms with van der Waals surface area (Å²) in [6, 6.07) is 39.4. The zero-order valence-corrected chi connectivity index (χ0v) is 31.4. The summed E-state index contributed by atoms with van der Waals surface area (Å²) in [6.45, 7) is 8.51. The van der Waals surface area contributed by atoms with E-state index in [4.69, 9.17) is 19.4 Å². The molecule has 0 N–H and O–H groups in total. The molecule has 0 saturated heterocycles. The van der Waals surface area contributed by atoms with Crippen molar-refractivity contribution in [1.29, 1.82) is 0 Å². The van der Waals surface area contributed by atoms with Crippen LogP contribution in [0.15, 0.2) is 97.2 Å². The van der Waals surface area contributed by atoms with Crippen LogP contribution in [0.2, 0.25) is 0 Å². The third kappa shape index (κ3) is 5.61. The van der Waals surface area contributed by atoms with Gasteiger partial charge < -0.3 is 19.0 Å². The first-order valence-corrected chi connectivity index (χ1v) is 17.7. The number of rotatable bonds is 7. The topological polar surface area (TPSA) is 49.2 Å². The molecule has 7 heteroatoms. The first kappa shape index (κ1) is 33.2. The Balaban J connectivity index is 0.00000374. The van der Waals surface area contributed by atoms with Gasteiger partial charge >= 0.3 is 21.1 Å². The average Bonchev–Trinajstić information content (AvgIpc) is 3.52. The summed E-state index contributed by atoms with van der Waals surface area (Å²) in [4.78, 5) is 9.99. The van der Waals surface area contributed by atoms with Gasteiger partial charge in [0.15, 0.2) is 0 Å². The van der Waals surface area contributed by atoms with Gasteiger partial charge in [0.1, 0.15) is 11.5 Å². The molecule has 7 aromatic rings. The van der Waals surface area contributed by atoms with E-state index >= 15 is 0 Å². The second kappa shape index (κ2) is 13.3. The molecule has 0 saturated carbocycles. The molecule has 0 fully saturated rings. The van der Waals surface area contributed by atoms with Gasteiger partial charge in [0.2, 0.25) is 6.71 Å². The summed E-state index contributed by atoms with van der Waals surface area (Å²) in [7, 11) is 0. The molecule has 0 bridgehead atoms. The van der Waals surface area contributed by atoms with Crippen LogP contribution in [0.25, 0.3) is 39.4 Å². The number of para-hydroxylation sites is 3. The average molecular weight is 845 g/mol. The van der Waals surface area contributed by atoms with Crippen molar-refractivity contribution in [2.75, 3.05) is 0 Å². The molecule has 0 aliphatic carbocycles. The first-order valence-electron chi connectivity index (χ1n) is 17.7. The van der Waals surface area contributed by atoms with E-state index in [1.807, 2.05) is 12.3 Å². The van der Waals surface area contributed by atoms with Gasteiger partial charge in [-0.25, -0.2) is 0 Å². The summed E-state index contributed by atoms with van der Waals surface area (Å²) < 4.78 is 15.6. The second-order valence-corrected chi connectivity index (χ2v) is 13.4. The second-order valence-electron chi connectivity index (χ2n) is 13.4. The summed E-state index contributed by atoms with van der Waals surface area (Å²) in [5.41, 5.74) is 13.7. The number of benzene rings is 5. The van der Waals surface area contributed by atoms with Crippen LogP contribution < -0.4 is 25.9 Å². The fraction of sp³-hybridized carbons (Fsp3) is 0.182. The zero-order valence-electron chi connectivity index (χ0n) is 29.1. The molecule has 252 valence electrons. The molecule has 0 amide bonds. The molecule has 0 radical (unpaired) electrons. The van der Waals surface area contributed by atoms with Gasteiger partial charge in [0.05, 0.1) is 16.9 Å². The van der Waals surface area contributed by atoms with Gasteiger partial charge in [-0.15, -0.1) is 58.5 Å². The van der Waals surface area contributed by atoms with E-state index in [9.17, 15) is 0 Å². The Kier molecular flexibility index (Phi) is 8.68. The molecule has 51 heavy (non-hydrogen) atoms. The van der Waals surface area contributed by atoms with Crippen LogP contribution in [-0.2, 0) is 33.9 Å². The number of aromatic nitrogens is 3. The van der Waals surface area contributed by atoms with Crippen LogP contribution in [0.1, 0.15) is 48.9 Å². The molecular formula is C44H36BN3O2Pt. The quantitative estimate of drug-likeness (QED) is 0.119. The number of aryl methyl sites for hydroxylation is 4. The summed E-state index contributed by atoms with van der Waals surface area (Å²) in [5, 5.41) is 0. The van der Waals surface area contributed by atoms with E-state index in [0.717, 1.165) is 104 Å². The number of ether oxygens (including phenoxy) is 2. The van der Waals surface area contributed by atoms with E-state index in [1.54, 1.807) is 0 Å². The Bertz CT molecular complexity index is 2430. The molecule has 9 rings (SSSR count). The van der Waals surface area contributed by atoms with Crippen LogP contribution >= 0.6 is 0 Å². The number of fused-ring (bicyclic) bond motifs is 5. The summed E-state index contributed by atoms with van der Waals surface area (Å²) in [6.07, 6.45) is 6.13. The number of imidazole rings is 1. The van der Waals surface area contributed by atoms with Gasteiger partial charge in [0, 0.05) is 28.8 Å². The van der Waals surface area contributed by atoms with Crippen LogP contribution in [0.3, 0.4) is 0 Å². The van der Waals surface area contributed by atoms with Gasteiger partial charge in [-0.3, -0.25) is 4.98 Å². The number of nitrogens with zero attached hydrogens (tertiary/aromatic N) is 3. The predicted molar refractivity (Wildman–Crippen MR) is 203 cm³/mol.